The van der Waals surface area contributed by atoms with Crippen molar-refractivity contribution in [1.29, 1.82) is 0 Å². The predicted octanol–water partition coefficient (Wildman–Crippen LogP) is 2.13. The zero-order valence-electron chi connectivity index (χ0n) is 6.29. The first-order valence-corrected chi connectivity index (χ1v) is 4.35. The summed E-state index contributed by atoms with van der Waals surface area (Å²) in [5.74, 6) is 0. The summed E-state index contributed by atoms with van der Waals surface area (Å²) < 4.78 is 1.62. The van der Waals surface area contributed by atoms with Crippen LogP contribution in [0.1, 0.15) is 38.5 Å². The summed E-state index contributed by atoms with van der Waals surface area (Å²) in [6.07, 6.45) is 7.51. The van der Waals surface area contributed by atoms with Crippen LogP contribution in [0.4, 0.5) is 0 Å². The van der Waals surface area contributed by atoms with E-state index >= 15 is 0 Å². The number of rotatable bonds is 0. The van der Waals surface area contributed by atoms with Crippen LogP contribution >= 0.6 is 0 Å². The number of hydrogen-bond donors (Lipinski definition) is 0. The van der Waals surface area contributed by atoms with Crippen LogP contribution in [-0.4, -0.2) is 16.8 Å². The van der Waals surface area contributed by atoms with E-state index < -0.39 is 0 Å². The molecular weight excluding hydrogens is 124 g/mol. The molecule has 0 aromatic carbocycles. The second-order valence-corrected chi connectivity index (χ2v) is 3.55. The van der Waals surface area contributed by atoms with Gasteiger partial charge in [0.2, 0.25) is 0 Å². The summed E-state index contributed by atoms with van der Waals surface area (Å²) in [6, 6.07) is 1.01. The molecule has 0 unspecified atom stereocenters. The zero-order chi connectivity index (χ0) is 6.97. The molecule has 2 saturated heterocycles. The average molecular weight is 138 g/mol. The summed E-state index contributed by atoms with van der Waals surface area (Å²) in [5.41, 5.74) is 9.52. The molecule has 0 amide bonds. The second-order valence-electron chi connectivity index (χ2n) is 3.55. The molecule has 0 saturated carbocycles. The molecule has 2 heterocycles. The fourth-order valence-corrected chi connectivity index (χ4v) is 2.29. The van der Waals surface area contributed by atoms with Crippen molar-refractivity contribution in [3.05, 3.63) is 5.53 Å². The molecule has 2 nitrogen and oxygen atoms in total. The van der Waals surface area contributed by atoms with E-state index in [0.717, 1.165) is 0 Å². The lowest BCUT2D eigenvalue weighted by Crippen LogP contribution is -2.40. The molecular formula is C8H14N2. The lowest BCUT2D eigenvalue weighted by molar-refractivity contribution is -0.640. The van der Waals surface area contributed by atoms with Crippen LogP contribution in [0.15, 0.2) is 0 Å². The minimum Gasteiger partial charge on any atom is -0.506 e. The quantitative estimate of drug-likeness (QED) is 0.458. The Balaban J connectivity index is 2.12. The standard InChI is InChI=1S/C8H14N2/c9-10-7-3-1-4-8(10)6-2-5-7/h7-8H,1-6H2. The third-order valence-corrected chi connectivity index (χ3v) is 2.90. The molecule has 10 heavy (non-hydrogen) atoms. The Bertz CT molecular complexity index is 129. The Morgan fingerprint density at radius 3 is 1.60 bits per heavy atom. The molecule has 56 valence electrons. The molecule has 0 aromatic heterocycles. The Morgan fingerprint density at radius 2 is 1.30 bits per heavy atom. The molecule has 2 fully saturated rings. The van der Waals surface area contributed by atoms with Gasteiger partial charge in [-0.05, 0) is 12.8 Å². The second kappa shape index (κ2) is 2.33. The molecule has 0 aliphatic carbocycles. The molecule has 0 atom stereocenters. The molecule has 2 aliphatic rings. The third kappa shape index (κ3) is 0.862. The van der Waals surface area contributed by atoms with Crippen LogP contribution in [0, 0.1) is 0 Å². The Kier molecular flexibility index (Phi) is 1.47. The van der Waals surface area contributed by atoms with Crippen LogP contribution in [0.2, 0.25) is 0 Å². The van der Waals surface area contributed by atoms with Crippen LogP contribution in [0.5, 0.6) is 0 Å². The Hall–Kier alpha value is -0.400. The van der Waals surface area contributed by atoms with Gasteiger partial charge in [-0.3, -0.25) is 0 Å². The smallest absolute Gasteiger partial charge is 0.141 e. The number of hydrogen-bond acceptors (Lipinski definition) is 0. The van der Waals surface area contributed by atoms with E-state index in [1.807, 2.05) is 0 Å². The maximum atomic E-state index is 9.52. The Morgan fingerprint density at radius 1 is 0.900 bits per heavy atom. The summed E-state index contributed by atoms with van der Waals surface area (Å²) in [4.78, 5) is 0. The van der Waals surface area contributed by atoms with Gasteiger partial charge in [-0.25, -0.2) is 0 Å². The predicted molar refractivity (Wildman–Crippen MR) is 38.9 cm³/mol. The summed E-state index contributed by atoms with van der Waals surface area (Å²) >= 11 is 0. The SMILES string of the molecule is [N-]=[N+]1C2CCCC1CCC2. The van der Waals surface area contributed by atoms with Crippen LogP contribution in [-0.2, 0) is 0 Å². The summed E-state index contributed by atoms with van der Waals surface area (Å²) in [5, 5.41) is 0. The van der Waals surface area contributed by atoms with Gasteiger partial charge < -0.3 is 10.2 Å². The summed E-state index contributed by atoms with van der Waals surface area (Å²) in [6.45, 7) is 0. The largest absolute Gasteiger partial charge is 0.506 e. The topological polar surface area (TPSA) is 25.3 Å². The maximum absolute atomic E-state index is 9.52. The number of fused-ring (bicyclic) bond motifs is 2. The molecule has 2 rings (SSSR count). The van der Waals surface area contributed by atoms with Crippen molar-refractivity contribution in [3.8, 4) is 0 Å². The normalized spacial score (nSPS) is 39.8. The van der Waals surface area contributed by atoms with Gasteiger partial charge in [0.15, 0.2) is 0 Å². The molecule has 2 aliphatic heterocycles. The van der Waals surface area contributed by atoms with Gasteiger partial charge in [-0.15, -0.1) is 0 Å². The molecule has 0 radical (unpaired) electrons. The first-order valence-electron chi connectivity index (χ1n) is 4.35. The molecule has 0 aromatic rings. The summed E-state index contributed by atoms with van der Waals surface area (Å²) in [7, 11) is 0. The van der Waals surface area contributed by atoms with Crippen LogP contribution in [0.3, 0.4) is 0 Å². The molecule has 2 heteroatoms. The van der Waals surface area contributed by atoms with Crippen molar-refractivity contribution < 1.29 is 4.70 Å². The zero-order valence-corrected chi connectivity index (χ0v) is 6.29. The van der Waals surface area contributed by atoms with Crippen molar-refractivity contribution >= 4 is 0 Å². The fraction of sp³-hybridized carbons (Fsp3) is 1.00. The molecule has 0 spiro atoms. The first kappa shape index (κ1) is 6.32. The van der Waals surface area contributed by atoms with Crippen LogP contribution in [0.25, 0.3) is 5.53 Å². The third-order valence-electron chi connectivity index (χ3n) is 2.90. The van der Waals surface area contributed by atoms with Gasteiger partial charge in [0, 0.05) is 25.7 Å². The van der Waals surface area contributed by atoms with E-state index in [0.29, 0.717) is 12.1 Å². The first-order chi connectivity index (χ1) is 4.88. The van der Waals surface area contributed by atoms with E-state index in [9.17, 15) is 5.53 Å². The highest BCUT2D eigenvalue weighted by atomic mass is 15.2. The Labute approximate surface area is 61.7 Å². The van der Waals surface area contributed by atoms with E-state index in [4.69, 9.17) is 0 Å². The van der Waals surface area contributed by atoms with Crippen molar-refractivity contribution in [2.75, 3.05) is 0 Å². The highest BCUT2D eigenvalue weighted by molar-refractivity contribution is 4.73. The minimum absolute atomic E-state index is 0.507. The van der Waals surface area contributed by atoms with Gasteiger partial charge in [0.1, 0.15) is 12.1 Å². The van der Waals surface area contributed by atoms with Crippen molar-refractivity contribution in [2.45, 2.75) is 50.6 Å². The lowest BCUT2D eigenvalue weighted by Gasteiger charge is -2.34. The van der Waals surface area contributed by atoms with Gasteiger partial charge in [-0.1, -0.05) is 0 Å². The van der Waals surface area contributed by atoms with E-state index in [1.165, 1.54) is 38.5 Å². The minimum atomic E-state index is 0.507. The van der Waals surface area contributed by atoms with Crippen LogP contribution < -0.4 is 0 Å². The number of nitrogens with zero attached hydrogens (tertiary/aromatic N) is 2. The van der Waals surface area contributed by atoms with Crippen molar-refractivity contribution in [1.82, 2.24) is 0 Å². The molecule has 0 N–H and O–H groups in total. The molecule has 2 bridgehead atoms. The monoisotopic (exact) mass is 138 g/mol. The highest BCUT2D eigenvalue weighted by Crippen LogP contribution is 2.29. The number of piperidine rings is 2. The van der Waals surface area contributed by atoms with Gasteiger partial charge in [0.05, 0.1) is 0 Å². The van der Waals surface area contributed by atoms with Gasteiger partial charge in [-0.2, -0.15) is 0 Å². The lowest BCUT2D eigenvalue weighted by atomic mass is 9.87. The maximum Gasteiger partial charge on any atom is 0.141 e. The fourth-order valence-electron chi connectivity index (χ4n) is 2.29. The van der Waals surface area contributed by atoms with Gasteiger partial charge >= 0.3 is 0 Å². The van der Waals surface area contributed by atoms with Gasteiger partial charge in [0.25, 0.3) is 0 Å². The average Bonchev–Trinajstić information content (AvgIpc) is 1.86. The van der Waals surface area contributed by atoms with Crippen molar-refractivity contribution in [3.63, 3.8) is 0 Å². The van der Waals surface area contributed by atoms with E-state index in [2.05, 4.69) is 0 Å². The van der Waals surface area contributed by atoms with Crippen molar-refractivity contribution in [2.24, 2.45) is 0 Å². The van der Waals surface area contributed by atoms with E-state index in [1.54, 1.807) is 4.70 Å². The van der Waals surface area contributed by atoms with E-state index in [-0.39, 0.29) is 0 Å². The highest BCUT2D eigenvalue weighted by Gasteiger charge is 2.33.